The second kappa shape index (κ2) is 6.36. The van der Waals surface area contributed by atoms with Crippen molar-refractivity contribution in [1.82, 2.24) is 20.1 Å². The van der Waals surface area contributed by atoms with E-state index in [-0.39, 0.29) is 5.91 Å². The second-order valence-corrected chi connectivity index (χ2v) is 7.28. The highest BCUT2D eigenvalue weighted by Gasteiger charge is 2.18. The first-order valence-electron chi connectivity index (χ1n) is 8.41. The Balaban J connectivity index is 1.52. The molecule has 0 aliphatic carbocycles. The average molecular weight is 340 g/mol. The SMILES string of the molecule is Cc1c(C(=O)NCc2nnc3n2CCCCC3)sc2ccccc12. The van der Waals surface area contributed by atoms with Gasteiger partial charge in [-0.25, -0.2) is 0 Å². The first-order chi connectivity index (χ1) is 11.7. The van der Waals surface area contributed by atoms with Crippen LogP contribution in [0, 0.1) is 6.92 Å². The van der Waals surface area contributed by atoms with E-state index in [4.69, 9.17) is 0 Å². The van der Waals surface area contributed by atoms with E-state index in [0.29, 0.717) is 6.54 Å². The number of nitrogens with zero attached hydrogens (tertiary/aromatic N) is 3. The zero-order chi connectivity index (χ0) is 16.5. The lowest BCUT2D eigenvalue weighted by Gasteiger charge is -2.08. The predicted molar refractivity (Wildman–Crippen MR) is 95.3 cm³/mol. The Morgan fingerprint density at radius 3 is 3.00 bits per heavy atom. The molecule has 1 aliphatic rings. The van der Waals surface area contributed by atoms with Gasteiger partial charge in [-0.3, -0.25) is 4.79 Å². The fourth-order valence-corrected chi connectivity index (χ4v) is 4.43. The molecule has 124 valence electrons. The van der Waals surface area contributed by atoms with Crippen LogP contribution in [0.3, 0.4) is 0 Å². The lowest BCUT2D eigenvalue weighted by atomic mass is 10.1. The third kappa shape index (κ3) is 2.71. The van der Waals surface area contributed by atoms with Crippen molar-refractivity contribution in [2.24, 2.45) is 0 Å². The number of rotatable bonds is 3. The van der Waals surface area contributed by atoms with E-state index in [9.17, 15) is 4.79 Å². The van der Waals surface area contributed by atoms with Crippen LogP contribution in [0.15, 0.2) is 24.3 Å². The number of benzene rings is 1. The number of aryl methyl sites for hydroxylation is 2. The minimum absolute atomic E-state index is 0.0281. The Kier molecular flexibility index (Phi) is 4.06. The van der Waals surface area contributed by atoms with Crippen LogP contribution in [0.5, 0.6) is 0 Å². The number of thiophene rings is 1. The number of hydrogen-bond donors (Lipinski definition) is 1. The standard InChI is InChI=1S/C18H20N4OS/c1-12-13-7-4-5-8-14(13)24-17(12)18(23)19-11-16-21-20-15-9-3-2-6-10-22(15)16/h4-5,7-8H,2-3,6,9-11H2,1H3,(H,19,23). The number of carbonyl (C=O) groups is 1. The van der Waals surface area contributed by atoms with E-state index >= 15 is 0 Å². The van der Waals surface area contributed by atoms with Crippen LogP contribution in [-0.4, -0.2) is 20.7 Å². The van der Waals surface area contributed by atoms with Crippen LogP contribution in [-0.2, 0) is 19.5 Å². The first-order valence-corrected chi connectivity index (χ1v) is 9.23. The Labute approximate surface area is 144 Å². The van der Waals surface area contributed by atoms with Gasteiger partial charge in [-0.2, -0.15) is 0 Å². The van der Waals surface area contributed by atoms with Crippen LogP contribution < -0.4 is 5.32 Å². The van der Waals surface area contributed by atoms with Crippen LogP contribution >= 0.6 is 11.3 Å². The van der Waals surface area contributed by atoms with Gasteiger partial charge in [-0.05, 0) is 36.8 Å². The zero-order valence-corrected chi connectivity index (χ0v) is 14.5. The molecule has 0 bridgehead atoms. The van der Waals surface area contributed by atoms with Gasteiger partial charge in [0.15, 0.2) is 5.82 Å². The monoisotopic (exact) mass is 340 g/mol. The van der Waals surface area contributed by atoms with Crippen molar-refractivity contribution in [3.05, 3.63) is 46.4 Å². The molecule has 6 heteroatoms. The van der Waals surface area contributed by atoms with Crippen molar-refractivity contribution in [3.63, 3.8) is 0 Å². The highest BCUT2D eigenvalue weighted by atomic mass is 32.1. The molecule has 4 rings (SSSR count). The summed E-state index contributed by atoms with van der Waals surface area (Å²) in [4.78, 5) is 13.4. The Morgan fingerprint density at radius 2 is 2.12 bits per heavy atom. The van der Waals surface area contributed by atoms with Gasteiger partial charge >= 0.3 is 0 Å². The van der Waals surface area contributed by atoms with Crippen molar-refractivity contribution in [3.8, 4) is 0 Å². The van der Waals surface area contributed by atoms with Gasteiger partial charge in [0.05, 0.1) is 11.4 Å². The number of fused-ring (bicyclic) bond motifs is 2. The minimum atomic E-state index is -0.0281. The summed E-state index contributed by atoms with van der Waals surface area (Å²) in [5, 5.41) is 12.7. The maximum absolute atomic E-state index is 12.6. The average Bonchev–Trinajstić information content (AvgIpc) is 3.05. The highest BCUT2D eigenvalue weighted by molar-refractivity contribution is 7.21. The lowest BCUT2D eigenvalue weighted by Crippen LogP contribution is -2.24. The van der Waals surface area contributed by atoms with Gasteiger partial charge < -0.3 is 9.88 Å². The summed E-state index contributed by atoms with van der Waals surface area (Å²) in [6.07, 6.45) is 4.54. The summed E-state index contributed by atoms with van der Waals surface area (Å²) in [6.45, 7) is 3.39. The van der Waals surface area contributed by atoms with Gasteiger partial charge in [0.25, 0.3) is 5.91 Å². The molecule has 1 aliphatic heterocycles. The summed E-state index contributed by atoms with van der Waals surface area (Å²) >= 11 is 1.55. The molecule has 0 atom stereocenters. The normalized spacial score (nSPS) is 14.4. The second-order valence-electron chi connectivity index (χ2n) is 6.23. The smallest absolute Gasteiger partial charge is 0.262 e. The van der Waals surface area contributed by atoms with Crippen molar-refractivity contribution < 1.29 is 4.79 Å². The third-order valence-electron chi connectivity index (χ3n) is 4.64. The van der Waals surface area contributed by atoms with Crippen molar-refractivity contribution >= 4 is 27.3 Å². The molecule has 3 aromatic rings. The molecule has 5 nitrogen and oxygen atoms in total. The molecule has 2 aromatic heterocycles. The molecule has 0 unspecified atom stereocenters. The number of hydrogen-bond acceptors (Lipinski definition) is 4. The molecular weight excluding hydrogens is 320 g/mol. The molecule has 1 amide bonds. The Bertz CT molecular complexity index is 896. The van der Waals surface area contributed by atoms with E-state index in [1.54, 1.807) is 11.3 Å². The molecule has 1 aromatic carbocycles. The Morgan fingerprint density at radius 1 is 1.25 bits per heavy atom. The van der Waals surface area contributed by atoms with Gasteiger partial charge in [-0.1, -0.05) is 24.6 Å². The fraction of sp³-hybridized carbons (Fsp3) is 0.389. The maximum atomic E-state index is 12.6. The van der Waals surface area contributed by atoms with E-state index in [1.807, 2.05) is 19.1 Å². The van der Waals surface area contributed by atoms with Gasteiger partial charge in [0, 0.05) is 17.7 Å². The first kappa shape index (κ1) is 15.3. The number of carbonyl (C=O) groups excluding carboxylic acids is 1. The number of nitrogens with one attached hydrogen (secondary N) is 1. The van der Waals surface area contributed by atoms with E-state index in [0.717, 1.165) is 51.6 Å². The molecule has 0 saturated heterocycles. The summed E-state index contributed by atoms with van der Waals surface area (Å²) in [6, 6.07) is 8.14. The molecule has 24 heavy (non-hydrogen) atoms. The van der Waals surface area contributed by atoms with E-state index in [1.165, 1.54) is 12.8 Å². The van der Waals surface area contributed by atoms with Crippen LogP contribution in [0.25, 0.3) is 10.1 Å². The number of aromatic nitrogens is 3. The Hall–Kier alpha value is -2.21. The molecule has 0 radical (unpaired) electrons. The molecule has 3 heterocycles. The summed E-state index contributed by atoms with van der Waals surface area (Å²) in [5.74, 6) is 1.88. The van der Waals surface area contributed by atoms with Gasteiger partial charge in [0.2, 0.25) is 0 Å². The largest absolute Gasteiger partial charge is 0.344 e. The third-order valence-corrected chi connectivity index (χ3v) is 5.91. The van der Waals surface area contributed by atoms with Gasteiger partial charge in [-0.15, -0.1) is 21.5 Å². The van der Waals surface area contributed by atoms with Crippen LogP contribution in [0.4, 0.5) is 0 Å². The summed E-state index contributed by atoms with van der Waals surface area (Å²) in [5.41, 5.74) is 1.05. The van der Waals surface area contributed by atoms with Crippen LogP contribution in [0.2, 0.25) is 0 Å². The molecule has 0 fully saturated rings. The zero-order valence-electron chi connectivity index (χ0n) is 13.7. The van der Waals surface area contributed by atoms with Gasteiger partial charge in [0.1, 0.15) is 5.82 Å². The molecule has 1 N–H and O–H groups in total. The summed E-state index contributed by atoms with van der Waals surface area (Å²) < 4.78 is 3.32. The quantitative estimate of drug-likeness (QED) is 0.794. The fourth-order valence-electron chi connectivity index (χ4n) is 3.31. The van der Waals surface area contributed by atoms with Crippen LogP contribution in [0.1, 0.15) is 46.1 Å². The maximum Gasteiger partial charge on any atom is 0.262 e. The highest BCUT2D eigenvalue weighted by Crippen LogP contribution is 2.30. The summed E-state index contributed by atoms with van der Waals surface area (Å²) in [7, 11) is 0. The van der Waals surface area contributed by atoms with Crippen molar-refractivity contribution in [2.45, 2.75) is 45.7 Å². The van der Waals surface area contributed by atoms with Crippen molar-refractivity contribution in [2.75, 3.05) is 0 Å². The molecule has 0 saturated carbocycles. The topological polar surface area (TPSA) is 59.8 Å². The number of amides is 1. The van der Waals surface area contributed by atoms with Crippen molar-refractivity contribution in [1.29, 1.82) is 0 Å². The molecule has 0 spiro atoms. The lowest BCUT2D eigenvalue weighted by molar-refractivity contribution is 0.0953. The minimum Gasteiger partial charge on any atom is -0.344 e. The van der Waals surface area contributed by atoms with E-state index in [2.05, 4.69) is 32.2 Å². The predicted octanol–water partition coefficient (Wildman–Crippen LogP) is 3.46. The van der Waals surface area contributed by atoms with E-state index < -0.39 is 0 Å². The molecular formula is C18H20N4OS.